The van der Waals surface area contributed by atoms with E-state index in [4.69, 9.17) is 0 Å². The molecule has 0 saturated carbocycles. The first kappa shape index (κ1) is 11.1. The Kier molecular flexibility index (Phi) is 3.04. The van der Waals surface area contributed by atoms with Crippen molar-refractivity contribution in [2.75, 3.05) is 0 Å². The SMILES string of the molecule is Cn1ccnc1CNC(=O)c1cccc(=O)[nH]1. The van der Waals surface area contributed by atoms with Gasteiger partial charge in [0.15, 0.2) is 0 Å². The summed E-state index contributed by atoms with van der Waals surface area (Å²) in [7, 11) is 1.85. The number of hydrogen-bond donors (Lipinski definition) is 2. The molecule has 0 spiro atoms. The molecule has 0 radical (unpaired) electrons. The Bertz CT molecular complexity index is 585. The molecule has 17 heavy (non-hydrogen) atoms. The molecule has 6 heteroatoms. The van der Waals surface area contributed by atoms with E-state index in [2.05, 4.69) is 15.3 Å². The minimum atomic E-state index is -0.328. The first-order valence-corrected chi connectivity index (χ1v) is 5.10. The number of amides is 1. The van der Waals surface area contributed by atoms with Crippen LogP contribution in [0.4, 0.5) is 0 Å². The van der Waals surface area contributed by atoms with E-state index in [1.807, 2.05) is 11.6 Å². The molecule has 2 rings (SSSR count). The third-order valence-corrected chi connectivity index (χ3v) is 2.34. The van der Waals surface area contributed by atoms with E-state index in [1.54, 1.807) is 18.5 Å². The number of rotatable bonds is 3. The lowest BCUT2D eigenvalue weighted by atomic mass is 10.3. The Balaban J connectivity index is 2.03. The van der Waals surface area contributed by atoms with Gasteiger partial charge in [0, 0.05) is 25.5 Å². The van der Waals surface area contributed by atoms with Crippen molar-refractivity contribution in [3.8, 4) is 0 Å². The molecule has 0 aromatic carbocycles. The van der Waals surface area contributed by atoms with E-state index in [0.29, 0.717) is 6.54 Å². The van der Waals surface area contributed by atoms with Crippen molar-refractivity contribution in [3.05, 3.63) is 52.5 Å². The molecule has 0 bridgehead atoms. The van der Waals surface area contributed by atoms with Crippen molar-refractivity contribution in [2.24, 2.45) is 7.05 Å². The zero-order chi connectivity index (χ0) is 12.3. The van der Waals surface area contributed by atoms with Gasteiger partial charge in [0.05, 0.1) is 6.54 Å². The van der Waals surface area contributed by atoms with Crippen LogP contribution in [-0.2, 0) is 13.6 Å². The second kappa shape index (κ2) is 4.65. The highest BCUT2D eigenvalue weighted by Gasteiger charge is 2.07. The highest BCUT2D eigenvalue weighted by atomic mass is 16.2. The van der Waals surface area contributed by atoms with E-state index >= 15 is 0 Å². The number of pyridine rings is 1. The highest BCUT2D eigenvalue weighted by Crippen LogP contribution is 1.95. The Labute approximate surface area is 97.3 Å². The fourth-order valence-electron chi connectivity index (χ4n) is 1.40. The van der Waals surface area contributed by atoms with Gasteiger partial charge in [-0.25, -0.2) is 4.98 Å². The standard InChI is InChI=1S/C11H12N4O2/c1-15-6-5-12-9(15)7-13-11(17)8-3-2-4-10(16)14-8/h2-6H,7H2,1H3,(H,13,17)(H,14,16). The van der Waals surface area contributed by atoms with Gasteiger partial charge in [0.1, 0.15) is 11.5 Å². The summed E-state index contributed by atoms with van der Waals surface area (Å²) in [6.07, 6.45) is 3.46. The van der Waals surface area contributed by atoms with Crippen LogP contribution in [0.5, 0.6) is 0 Å². The molecule has 0 saturated heterocycles. The summed E-state index contributed by atoms with van der Waals surface area (Å²) < 4.78 is 1.81. The van der Waals surface area contributed by atoms with E-state index in [1.165, 1.54) is 12.1 Å². The number of aromatic amines is 1. The lowest BCUT2D eigenvalue weighted by molar-refractivity contribution is 0.0944. The lowest BCUT2D eigenvalue weighted by Gasteiger charge is -2.04. The van der Waals surface area contributed by atoms with Crippen LogP contribution in [-0.4, -0.2) is 20.4 Å². The van der Waals surface area contributed by atoms with Gasteiger partial charge in [-0.3, -0.25) is 9.59 Å². The van der Waals surface area contributed by atoms with E-state index in [0.717, 1.165) is 5.82 Å². The van der Waals surface area contributed by atoms with Crippen LogP contribution in [0.1, 0.15) is 16.3 Å². The minimum Gasteiger partial charge on any atom is -0.344 e. The molecule has 0 unspecified atom stereocenters. The highest BCUT2D eigenvalue weighted by molar-refractivity contribution is 5.92. The van der Waals surface area contributed by atoms with E-state index in [9.17, 15) is 9.59 Å². The molecule has 0 aliphatic rings. The number of H-pyrrole nitrogens is 1. The van der Waals surface area contributed by atoms with Crippen molar-refractivity contribution in [1.82, 2.24) is 19.9 Å². The van der Waals surface area contributed by atoms with E-state index < -0.39 is 0 Å². The topological polar surface area (TPSA) is 79.8 Å². The molecule has 6 nitrogen and oxygen atoms in total. The maximum atomic E-state index is 11.7. The van der Waals surface area contributed by atoms with Gasteiger partial charge in [-0.1, -0.05) is 6.07 Å². The van der Waals surface area contributed by atoms with Crippen LogP contribution < -0.4 is 10.9 Å². The summed E-state index contributed by atoms with van der Waals surface area (Å²) in [4.78, 5) is 29.2. The Hall–Kier alpha value is -2.37. The summed E-state index contributed by atoms with van der Waals surface area (Å²) in [5, 5.41) is 2.68. The van der Waals surface area contributed by atoms with Crippen LogP contribution in [0, 0.1) is 0 Å². The smallest absolute Gasteiger partial charge is 0.268 e. The number of aromatic nitrogens is 3. The predicted octanol–water partition coefficient (Wildman–Crippen LogP) is 0.0384. The van der Waals surface area contributed by atoms with Gasteiger partial charge in [-0.2, -0.15) is 0 Å². The molecule has 2 aromatic rings. The Morgan fingerprint density at radius 2 is 2.35 bits per heavy atom. The van der Waals surface area contributed by atoms with Crippen LogP contribution in [0.2, 0.25) is 0 Å². The van der Waals surface area contributed by atoms with Gasteiger partial charge < -0.3 is 14.9 Å². The molecule has 2 aromatic heterocycles. The molecule has 0 aliphatic carbocycles. The van der Waals surface area contributed by atoms with Crippen LogP contribution in [0.15, 0.2) is 35.4 Å². The molecule has 1 amide bonds. The number of carbonyl (C=O) groups excluding carboxylic acids is 1. The summed E-state index contributed by atoms with van der Waals surface area (Å²) >= 11 is 0. The molecular formula is C11H12N4O2. The molecule has 0 atom stereocenters. The molecular weight excluding hydrogens is 220 g/mol. The zero-order valence-corrected chi connectivity index (χ0v) is 9.30. The second-order valence-corrected chi connectivity index (χ2v) is 3.57. The molecule has 0 aliphatic heterocycles. The van der Waals surface area contributed by atoms with Gasteiger partial charge in [-0.15, -0.1) is 0 Å². The third kappa shape index (κ3) is 2.60. The lowest BCUT2D eigenvalue weighted by Crippen LogP contribution is -2.26. The predicted molar refractivity (Wildman–Crippen MR) is 61.4 cm³/mol. The summed E-state index contributed by atoms with van der Waals surface area (Å²) in [5.74, 6) is 0.419. The van der Waals surface area contributed by atoms with Gasteiger partial charge in [-0.05, 0) is 6.07 Å². The first-order chi connectivity index (χ1) is 8.16. The average molecular weight is 232 g/mol. The van der Waals surface area contributed by atoms with Crippen molar-refractivity contribution in [1.29, 1.82) is 0 Å². The molecule has 88 valence electrons. The third-order valence-electron chi connectivity index (χ3n) is 2.34. The summed E-state index contributed by atoms with van der Waals surface area (Å²) in [6, 6.07) is 4.44. The largest absolute Gasteiger partial charge is 0.344 e. The average Bonchev–Trinajstić information content (AvgIpc) is 2.72. The van der Waals surface area contributed by atoms with Crippen LogP contribution in [0.3, 0.4) is 0 Å². The van der Waals surface area contributed by atoms with Gasteiger partial charge in [0.25, 0.3) is 5.91 Å². The summed E-state index contributed by atoms with van der Waals surface area (Å²) in [6.45, 7) is 0.319. The minimum absolute atomic E-state index is 0.242. The first-order valence-electron chi connectivity index (χ1n) is 5.10. The summed E-state index contributed by atoms with van der Waals surface area (Å²) in [5.41, 5.74) is -0.0543. The number of carbonyl (C=O) groups is 1. The maximum absolute atomic E-state index is 11.7. The fraction of sp³-hybridized carbons (Fsp3) is 0.182. The van der Waals surface area contributed by atoms with E-state index in [-0.39, 0.29) is 17.2 Å². The number of nitrogens with one attached hydrogen (secondary N) is 2. The molecule has 2 heterocycles. The van der Waals surface area contributed by atoms with Crippen molar-refractivity contribution >= 4 is 5.91 Å². The molecule has 2 N–H and O–H groups in total. The quantitative estimate of drug-likeness (QED) is 0.784. The number of hydrogen-bond acceptors (Lipinski definition) is 3. The number of imidazole rings is 1. The van der Waals surface area contributed by atoms with Gasteiger partial charge in [0.2, 0.25) is 5.56 Å². The Morgan fingerprint density at radius 1 is 1.53 bits per heavy atom. The molecule has 0 fully saturated rings. The van der Waals surface area contributed by atoms with Crippen molar-refractivity contribution in [2.45, 2.75) is 6.54 Å². The number of aryl methyl sites for hydroxylation is 1. The zero-order valence-electron chi connectivity index (χ0n) is 9.30. The van der Waals surface area contributed by atoms with Crippen molar-refractivity contribution < 1.29 is 4.79 Å². The monoisotopic (exact) mass is 232 g/mol. The number of nitrogens with zero attached hydrogens (tertiary/aromatic N) is 2. The second-order valence-electron chi connectivity index (χ2n) is 3.57. The fourth-order valence-corrected chi connectivity index (χ4v) is 1.40. The van der Waals surface area contributed by atoms with Gasteiger partial charge >= 0.3 is 0 Å². The van der Waals surface area contributed by atoms with Crippen LogP contribution >= 0.6 is 0 Å². The van der Waals surface area contributed by atoms with Crippen molar-refractivity contribution in [3.63, 3.8) is 0 Å². The van der Waals surface area contributed by atoms with Crippen LogP contribution in [0.25, 0.3) is 0 Å². The normalized spacial score (nSPS) is 10.2. The Morgan fingerprint density at radius 3 is 3.00 bits per heavy atom. The maximum Gasteiger partial charge on any atom is 0.268 e.